The van der Waals surface area contributed by atoms with E-state index in [0.717, 1.165) is 19.1 Å². The van der Waals surface area contributed by atoms with Crippen LogP contribution in [0.2, 0.25) is 0 Å². The van der Waals surface area contributed by atoms with Crippen molar-refractivity contribution < 1.29 is 41.8 Å². The van der Waals surface area contributed by atoms with E-state index in [1.165, 1.54) is 30.1 Å². The molecule has 1 aliphatic carbocycles. The van der Waals surface area contributed by atoms with Crippen LogP contribution >= 0.6 is 0 Å². The molecule has 5 rings (SSSR count). The number of fused-ring (bicyclic) bond motifs is 2. The second kappa shape index (κ2) is 11.4. The van der Waals surface area contributed by atoms with Crippen molar-refractivity contribution in [1.29, 1.82) is 0 Å². The van der Waals surface area contributed by atoms with E-state index in [2.05, 4.69) is 15.7 Å². The predicted molar refractivity (Wildman–Crippen MR) is 146 cm³/mol. The first-order valence-electron chi connectivity index (χ1n) is 13.5. The highest BCUT2D eigenvalue weighted by Gasteiger charge is 2.58. The smallest absolute Gasteiger partial charge is 0.388 e. The minimum Gasteiger partial charge on any atom is -0.388 e. The van der Waals surface area contributed by atoms with Crippen LogP contribution < -0.4 is 10.6 Å². The highest BCUT2D eigenvalue weighted by Crippen LogP contribution is 2.47. The lowest BCUT2D eigenvalue weighted by Gasteiger charge is -2.32. The van der Waals surface area contributed by atoms with Crippen molar-refractivity contribution >= 4 is 23.8 Å². The summed E-state index contributed by atoms with van der Waals surface area (Å²) in [6.45, 7) is -0.760. The third-order valence-corrected chi connectivity index (χ3v) is 7.92. The van der Waals surface area contributed by atoms with Gasteiger partial charge < -0.3 is 20.6 Å². The van der Waals surface area contributed by atoms with Crippen LogP contribution in [0.25, 0.3) is 11.1 Å². The van der Waals surface area contributed by atoms with Crippen molar-refractivity contribution in [2.45, 2.75) is 50.3 Å². The number of likely N-dealkylation sites (N-methyl/N-ethyl adjacent to an activating group) is 1. The number of benzene rings is 2. The summed E-state index contributed by atoms with van der Waals surface area (Å²) in [4.78, 5) is 52.7. The number of rotatable bonds is 8. The zero-order valence-electron chi connectivity index (χ0n) is 23.6. The van der Waals surface area contributed by atoms with Crippen LogP contribution in [0.15, 0.2) is 54.9 Å². The molecule has 3 aromatic rings. The molecule has 3 N–H and O–H groups in total. The van der Waals surface area contributed by atoms with Gasteiger partial charge in [-0.05, 0) is 47.4 Å². The van der Waals surface area contributed by atoms with Crippen LogP contribution in [0, 0.1) is 5.82 Å². The van der Waals surface area contributed by atoms with Gasteiger partial charge in [0.15, 0.2) is 0 Å². The van der Waals surface area contributed by atoms with Crippen LogP contribution in [0.4, 0.5) is 22.4 Å². The Labute approximate surface area is 248 Å². The molecule has 5 amide bonds. The number of nitrogens with one attached hydrogen (secondary N) is 2. The Kier molecular flexibility index (Phi) is 7.92. The molecule has 0 unspecified atom stereocenters. The van der Waals surface area contributed by atoms with Crippen LogP contribution in [0.3, 0.4) is 0 Å². The molecule has 1 aromatic heterocycles. The van der Waals surface area contributed by atoms with E-state index in [4.69, 9.17) is 0 Å². The quantitative estimate of drug-likeness (QED) is 0.263. The average molecular weight is 617 g/mol. The van der Waals surface area contributed by atoms with Gasteiger partial charge in [-0.25, -0.2) is 9.18 Å². The fourth-order valence-corrected chi connectivity index (χ4v) is 5.46. The van der Waals surface area contributed by atoms with Gasteiger partial charge in [0.25, 0.3) is 5.91 Å². The minimum absolute atomic E-state index is 0.00859. The summed E-state index contributed by atoms with van der Waals surface area (Å²) in [5.74, 6) is -2.90. The number of imide groups is 1. The molecule has 1 spiro atoms. The first-order valence-corrected chi connectivity index (χ1v) is 13.5. The summed E-state index contributed by atoms with van der Waals surface area (Å²) in [5.41, 5.74) is 0.347. The topological polar surface area (TPSA) is 137 Å². The van der Waals surface area contributed by atoms with Gasteiger partial charge in [0.2, 0.25) is 11.8 Å². The lowest BCUT2D eigenvalue weighted by molar-refractivity contribution is -0.187. The SMILES string of the molecule is CNC(=O)Cn1cc(-c2ccc3c(c2)[C@H](O)C[C@]32NC(=O)N(CC(=O)N(Cc3ccc(F)cc3)[C@@H](C)C(F)(F)F)C2=O)cn1. The maximum absolute atomic E-state index is 13.7. The van der Waals surface area contributed by atoms with Crippen LogP contribution in [0.1, 0.15) is 36.1 Å². The Bertz CT molecular complexity index is 1620. The number of aliphatic hydroxyl groups excluding tert-OH is 1. The molecule has 0 bridgehead atoms. The Morgan fingerprint density at radius 3 is 2.52 bits per heavy atom. The maximum atomic E-state index is 13.7. The van der Waals surface area contributed by atoms with Gasteiger partial charge in [-0.15, -0.1) is 0 Å². The second-order valence-corrected chi connectivity index (χ2v) is 10.7. The number of halogens is 4. The maximum Gasteiger partial charge on any atom is 0.408 e. The number of aliphatic hydroxyl groups is 1. The third kappa shape index (κ3) is 5.62. The lowest BCUT2D eigenvalue weighted by atomic mass is 9.90. The molecule has 0 radical (unpaired) electrons. The van der Waals surface area contributed by atoms with E-state index in [1.807, 2.05) is 0 Å². The van der Waals surface area contributed by atoms with Crippen molar-refractivity contribution in [3.05, 3.63) is 77.4 Å². The normalized spacial score (nSPS) is 20.1. The summed E-state index contributed by atoms with van der Waals surface area (Å²) >= 11 is 0. The van der Waals surface area contributed by atoms with Crippen molar-refractivity contribution in [3.63, 3.8) is 0 Å². The predicted octanol–water partition coefficient (Wildman–Crippen LogP) is 2.60. The molecule has 2 aliphatic rings. The molecule has 2 heterocycles. The second-order valence-electron chi connectivity index (χ2n) is 10.7. The Balaban J connectivity index is 1.39. The molecule has 232 valence electrons. The molecule has 44 heavy (non-hydrogen) atoms. The zero-order chi connectivity index (χ0) is 32.0. The van der Waals surface area contributed by atoms with Crippen molar-refractivity contribution in [2.75, 3.05) is 13.6 Å². The molecule has 15 heteroatoms. The third-order valence-electron chi connectivity index (χ3n) is 7.92. The van der Waals surface area contributed by atoms with Crippen molar-refractivity contribution in [2.24, 2.45) is 0 Å². The first-order chi connectivity index (χ1) is 20.7. The molecule has 1 fully saturated rings. The molecule has 2 aromatic carbocycles. The van der Waals surface area contributed by atoms with E-state index in [0.29, 0.717) is 26.5 Å². The fraction of sp³-hybridized carbons (Fsp3) is 0.345. The molecular formula is C29H28F4N6O5. The van der Waals surface area contributed by atoms with E-state index < -0.39 is 60.6 Å². The largest absolute Gasteiger partial charge is 0.408 e. The first kappa shape index (κ1) is 30.7. The van der Waals surface area contributed by atoms with E-state index in [1.54, 1.807) is 24.4 Å². The average Bonchev–Trinajstić information content (AvgIpc) is 3.62. The van der Waals surface area contributed by atoms with Gasteiger partial charge in [0, 0.05) is 31.8 Å². The van der Waals surface area contributed by atoms with Gasteiger partial charge in [-0.2, -0.15) is 18.3 Å². The number of alkyl halides is 3. The van der Waals surface area contributed by atoms with Gasteiger partial charge in [0.1, 0.15) is 30.5 Å². The number of hydrogen-bond donors (Lipinski definition) is 3. The summed E-state index contributed by atoms with van der Waals surface area (Å²) in [5, 5.41) is 20.1. The van der Waals surface area contributed by atoms with Gasteiger partial charge in [-0.3, -0.25) is 24.0 Å². The van der Waals surface area contributed by atoms with Crippen molar-refractivity contribution in [3.8, 4) is 11.1 Å². The van der Waals surface area contributed by atoms with Crippen LogP contribution in [-0.2, 0) is 33.0 Å². The van der Waals surface area contributed by atoms with E-state index >= 15 is 0 Å². The number of amides is 5. The zero-order valence-corrected chi connectivity index (χ0v) is 23.6. The highest BCUT2D eigenvalue weighted by molar-refractivity contribution is 6.10. The number of urea groups is 1. The molecular weight excluding hydrogens is 588 g/mol. The van der Waals surface area contributed by atoms with Crippen LogP contribution in [0.5, 0.6) is 0 Å². The van der Waals surface area contributed by atoms with Gasteiger partial charge >= 0.3 is 12.2 Å². The summed E-state index contributed by atoms with van der Waals surface area (Å²) < 4.78 is 55.9. The fourth-order valence-electron chi connectivity index (χ4n) is 5.46. The van der Waals surface area contributed by atoms with Crippen molar-refractivity contribution in [1.82, 2.24) is 30.2 Å². The molecule has 3 atom stereocenters. The van der Waals surface area contributed by atoms with Crippen LogP contribution in [-0.4, -0.2) is 74.3 Å². The highest BCUT2D eigenvalue weighted by atomic mass is 19.4. The Hall–Kier alpha value is -4.79. The van der Waals surface area contributed by atoms with Gasteiger partial charge in [-0.1, -0.05) is 24.3 Å². The van der Waals surface area contributed by atoms with E-state index in [9.17, 15) is 41.8 Å². The molecule has 1 aliphatic heterocycles. The lowest BCUT2D eigenvalue weighted by Crippen LogP contribution is -2.51. The Morgan fingerprint density at radius 1 is 1.16 bits per heavy atom. The Morgan fingerprint density at radius 2 is 1.86 bits per heavy atom. The number of aromatic nitrogens is 2. The summed E-state index contributed by atoms with van der Waals surface area (Å²) in [7, 11) is 1.50. The molecule has 0 saturated carbocycles. The molecule has 11 nitrogen and oxygen atoms in total. The number of carbonyl (C=O) groups excluding carboxylic acids is 4. The van der Waals surface area contributed by atoms with E-state index in [-0.39, 0.29) is 30.0 Å². The standard InChI is InChI=1S/C29H28F4N6O5/c1-16(29(31,32)33)38(12-17-3-6-20(30)7-4-17)25(42)15-39-26(43)28(36-27(39)44)10-23(40)21-9-18(5-8-22(21)28)19-11-35-37(13-19)14-24(41)34-2/h3-9,11,13,16,23,40H,10,12,14-15H2,1-2H3,(H,34,41)(H,36,44)/t16-,23+,28-/m0/s1. The summed E-state index contributed by atoms with van der Waals surface area (Å²) in [6.07, 6.45) is -3.11. The minimum atomic E-state index is -4.82. The summed E-state index contributed by atoms with van der Waals surface area (Å²) in [6, 6.07) is 6.10. The van der Waals surface area contributed by atoms with Gasteiger partial charge in [0.05, 0.1) is 12.3 Å². The number of hydrogen-bond acceptors (Lipinski definition) is 6. The number of nitrogens with zero attached hydrogens (tertiary/aromatic N) is 4. The molecule has 1 saturated heterocycles. The number of carbonyl (C=O) groups is 4. The monoisotopic (exact) mass is 616 g/mol.